The molecule has 0 aromatic carbocycles. The second-order valence-corrected chi connectivity index (χ2v) is 10.3. The number of nitriles is 2. The van der Waals surface area contributed by atoms with Crippen LogP contribution >= 0.6 is 0 Å². The first-order chi connectivity index (χ1) is 15.8. The zero-order valence-corrected chi connectivity index (χ0v) is 21.7. The number of hydrogen-bond donors (Lipinski definition) is 1. The van der Waals surface area contributed by atoms with Crippen LogP contribution in [0.3, 0.4) is 0 Å². The zero-order valence-electron chi connectivity index (χ0n) is 21.7. The summed E-state index contributed by atoms with van der Waals surface area (Å²) in [7, 11) is 0. The molecule has 1 saturated heterocycles. The van der Waals surface area contributed by atoms with E-state index in [1.807, 2.05) is 20.8 Å². The third-order valence-corrected chi connectivity index (χ3v) is 5.73. The third kappa shape index (κ3) is 8.83. The molecule has 2 atom stereocenters. The topological polar surface area (TPSA) is 130 Å². The lowest BCUT2D eigenvalue weighted by Crippen LogP contribution is -2.58. The molecule has 0 aliphatic carbocycles. The van der Waals surface area contributed by atoms with Crippen molar-refractivity contribution in [2.24, 2.45) is 0 Å². The van der Waals surface area contributed by atoms with Gasteiger partial charge in [0.25, 0.3) is 0 Å². The van der Waals surface area contributed by atoms with Gasteiger partial charge in [-0.15, -0.1) is 0 Å². The molecule has 0 unspecified atom stereocenters. The van der Waals surface area contributed by atoms with Crippen molar-refractivity contribution in [2.45, 2.75) is 91.0 Å². The largest absolute Gasteiger partial charge is 0.444 e. The average molecular weight is 477 g/mol. The summed E-state index contributed by atoms with van der Waals surface area (Å²) in [4.78, 5) is 43.3. The van der Waals surface area contributed by atoms with E-state index in [9.17, 15) is 24.9 Å². The maximum Gasteiger partial charge on any atom is 0.407 e. The van der Waals surface area contributed by atoms with E-state index < -0.39 is 29.3 Å². The normalized spacial score (nSPS) is 17.0. The van der Waals surface area contributed by atoms with Gasteiger partial charge in [-0.25, -0.2) is 4.79 Å². The number of amides is 3. The molecule has 1 aliphatic rings. The van der Waals surface area contributed by atoms with Crippen LogP contribution in [-0.4, -0.2) is 88.6 Å². The molecule has 1 fully saturated rings. The standard InChI is InChI=1S/C24H40N6O4/c1-8-11-29(18(2)13-25)20(31)15-28(16-21(32)30-12-9-10-19(30)14-26)24(6,7)17-27-22(33)34-23(3,4)5/h18-19H,8-12,15-17H2,1-7H3,(H,27,33)/t18-,19-/m0/s1. The van der Waals surface area contributed by atoms with Gasteiger partial charge in [-0.05, 0) is 60.8 Å². The van der Waals surface area contributed by atoms with Crippen LogP contribution in [0, 0.1) is 22.7 Å². The molecule has 0 aromatic heterocycles. The highest BCUT2D eigenvalue weighted by atomic mass is 16.6. The van der Waals surface area contributed by atoms with Gasteiger partial charge in [0, 0.05) is 25.2 Å². The minimum Gasteiger partial charge on any atom is -0.444 e. The highest BCUT2D eigenvalue weighted by Gasteiger charge is 2.36. The van der Waals surface area contributed by atoms with Crippen LogP contribution in [0.4, 0.5) is 4.79 Å². The van der Waals surface area contributed by atoms with E-state index in [1.54, 1.807) is 37.5 Å². The van der Waals surface area contributed by atoms with Gasteiger partial charge in [0.2, 0.25) is 11.8 Å². The Kier molecular flexibility index (Phi) is 10.8. The Bertz CT molecular complexity index is 808. The highest BCUT2D eigenvalue weighted by molar-refractivity contribution is 5.82. The predicted molar refractivity (Wildman–Crippen MR) is 127 cm³/mol. The highest BCUT2D eigenvalue weighted by Crippen LogP contribution is 2.20. The summed E-state index contributed by atoms with van der Waals surface area (Å²) < 4.78 is 5.31. The van der Waals surface area contributed by atoms with Gasteiger partial charge in [-0.2, -0.15) is 10.5 Å². The zero-order chi connectivity index (χ0) is 26.1. The first kappa shape index (κ1) is 29.2. The number of nitrogens with zero attached hydrogens (tertiary/aromatic N) is 5. The molecular formula is C24H40N6O4. The summed E-state index contributed by atoms with van der Waals surface area (Å²) in [5.41, 5.74) is -1.45. The summed E-state index contributed by atoms with van der Waals surface area (Å²) >= 11 is 0. The monoisotopic (exact) mass is 476 g/mol. The molecule has 0 saturated carbocycles. The SMILES string of the molecule is CCCN(C(=O)CN(CC(=O)N1CCC[C@H]1C#N)C(C)(C)CNC(=O)OC(C)(C)C)[C@@H](C)C#N. The molecule has 0 bridgehead atoms. The number of rotatable bonds is 10. The second-order valence-electron chi connectivity index (χ2n) is 10.3. The maximum absolute atomic E-state index is 13.2. The van der Waals surface area contributed by atoms with E-state index in [1.165, 1.54) is 4.90 Å². The van der Waals surface area contributed by atoms with E-state index in [0.29, 0.717) is 25.9 Å². The second kappa shape index (κ2) is 12.6. The van der Waals surface area contributed by atoms with Gasteiger partial charge >= 0.3 is 6.09 Å². The molecule has 3 amide bonds. The van der Waals surface area contributed by atoms with Crippen molar-refractivity contribution in [1.29, 1.82) is 10.5 Å². The van der Waals surface area contributed by atoms with Crippen LogP contribution in [0.1, 0.15) is 67.7 Å². The van der Waals surface area contributed by atoms with Gasteiger partial charge in [0.05, 0.1) is 25.2 Å². The average Bonchev–Trinajstić information content (AvgIpc) is 3.23. The number of alkyl carbamates (subject to hydrolysis) is 1. The number of ether oxygens (including phenoxy) is 1. The van der Waals surface area contributed by atoms with E-state index in [4.69, 9.17) is 4.74 Å². The first-order valence-electron chi connectivity index (χ1n) is 11.9. The van der Waals surface area contributed by atoms with Gasteiger partial charge in [-0.3, -0.25) is 14.5 Å². The molecule has 190 valence electrons. The molecule has 1 heterocycles. The number of nitrogens with one attached hydrogen (secondary N) is 1. The minimum absolute atomic E-state index is 0.0895. The van der Waals surface area contributed by atoms with Crippen molar-refractivity contribution >= 4 is 17.9 Å². The molecule has 1 rings (SSSR count). The van der Waals surface area contributed by atoms with E-state index in [0.717, 1.165) is 6.42 Å². The molecule has 10 nitrogen and oxygen atoms in total. The van der Waals surface area contributed by atoms with Crippen molar-refractivity contribution in [1.82, 2.24) is 20.0 Å². The Hall–Kier alpha value is -2.85. The summed E-state index contributed by atoms with van der Waals surface area (Å²) in [5.74, 6) is -0.509. The van der Waals surface area contributed by atoms with E-state index >= 15 is 0 Å². The van der Waals surface area contributed by atoms with Crippen molar-refractivity contribution in [3.63, 3.8) is 0 Å². The fraction of sp³-hybridized carbons (Fsp3) is 0.792. The van der Waals surface area contributed by atoms with Gasteiger partial charge in [0.15, 0.2) is 0 Å². The minimum atomic E-state index is -0.794. The molecule has 10 heteroatoms. The van der Waals surface area contributed by atoms with Crippen molar-refractivity contribution in [3.05, 3.63) is 0 Å². The van der Waals surface area contributed by atoms with Crippen molar-refractivity contribution < 1.29 is 19.1 Å². The van der Waals surface area contributed by atoms with Crippen LogP contribution in [0.25, 0.3) is 0 Å². The summed E-state index contributed by atoms with van der Waals surface area (Å²) in [5, 5.41) is 21.4. The molecular weight excluding hydrogens is 436 g/mol. The van der Waals surface area contributed by atoms with Crippen molar-refractivity contribution in [3.8, 4) is 12.1 Å². The molecule has 1 aliphatic heterocycles. The number of hydrogen-bond acceptors (Lipinski definition) is 7. The maximum atomic E-state index is 13.2. The van der Waals surface area contributed by atoms with Crippen molar-refractivity contribution in [2.75, 3.05) is 32.7 Å². The molecule has 0 radical (unpaired) electrons. The number of carbonyl (C=O) groups is 3. The first-order valence-corrected chi connectivity index (χ1v) is 11.9. The summed E-state index contributed by atoms with van der Waals surface area (Å²) in [6.07, 6.45) is 1.50. The number of carbonyl (C=O) groups excluding carboxylic acids is 3. The Morgan fingerprint density at radius 3 is 2.35 bits per heavy atom. The molecule has 0 spiro atoms. The Balaban J connectivity index is 3.08. The predicted octanol–water partition coefficient (Wildman–Crippen LogP) is 2.26. The van der Waals surface area contributed by atoms with Gasteiger partial charge in [0.1, 0.15) is 17.7 Å². The molecule has 34 heavy (non-hydrogen) atoms. The smallest absolute Gasteiger partial charge is 0.407 e. The number of likely N-dealkylation sites (tertiary alicyclic amines) is 1. The van der Waals surface area contributed by atoms with Crippen LogP contribution < -0.4 is 5.32 Å². The van der Waals surface area contributed by atoms with Crippen LogP contribution in [0.5, 0.6) is 0 Å². The Morgan fingerprint density at radius 2 is 1.82 bits per heavy atom. The fourth-order valence-electron chi connectivity index (χ4n) is 3.75. The molecule has 0 aromatic rings. The summed E-state index contributed by atoms with van der Waals surface area (Å²) in [6.45, 7) is 13.4. The Morgan fingerprint density at radius 1 is 1.18 bits per heavy atom. The van der Waals surface area contributed by atoms with Crippen LogP contribution in [-0.2, 0) is 14.3 Å². The Labute approximate surface area is 203 Å². The third-order valence-electron chi connectivity index (χ3n) is 5.73. The van der Waals surface area contributed by atoms with Gasteiger partial charge in [-0.1, -0.05) is 6.92 Å². The van der Waals surface area contributed by atoms with E-state index in [-0.39, 0.29) is 31.4 Å². The lowest BCUT2D eigenvalue weighted by molar-refractivity contribution is -0.138. The quantitative estimate of drug-likeness (QED) is 0.512. The summed E-state index contributed by atoms with van der Waals surface area (Å²) in [6, 6.07) is 3.20. The van der Waals surface area contributed by atoms with Crippen LogP contribution in [0.2, 0.25) is 0 Å². The molecule has 1 N–H and O–H groups in total. The van der Waals surface area contributed by atoms with Gasteiger partial charge < -0.3 is 19.9 Å². The van der Waals surface area contributed by atoms with Crippen LogP contribution in [0.15, 0.2) is 0 Å². The lowest BCUT2D eigenvalue weighted by atomic mass is 10.0. The van der Waals surface area contributed by atoms with E-state index in [2.05, 4.69) is 17.5 Å². The fourth-order valence-corrected chi connectivity index (χ4v) is 3.75. The lowest BCUT2D eigenvalue weighted by Gasteiger charge is -2.40.